The Morgan fingerprint density at radius 1 is 1.03 bits per heavy atom. The van der Waals surface area contributed by atoms with E-state index in [4.69, 9.17) is 16.3 Å². The second kappa shape index (κ2) is 10.4. The van der Waals surface area contributed by atoms with E-state index < -0.39 is 28.5 Å². The minimum absolute atomic E-state index is 0.0222. The van der Waals surface area contributed by atoms with Crippen molar-refractivity contribution in [1.29, 1.82) is 0 Å². The number of benzene rings is 3. The Kier molecular flexibility index (Phi) is 7.78. The highest BCUT2D eigenvalue weighted by atomic mass is 35.5. The first-order valence-corrected chi connectivity index (χ1v) is 12.3. The van der Waals surface area contributed by atoms with E-state index in [-0.39, 0.29) is 21.4 Å². The zero-order valence-corrected chi connectivity index (χ0v) is 19.8. The first-order valence-electron chi connectivity index (χ1n) is 9.46. The molecular formula is C22H21ClN2O5S2. The van der Waals surface area contributed by atoms with E-state index in [2.05, 4.69) is 5.32 Å². The minimum atomic E-state index is -3.69. The lowest BCUT2D eigenvalue weighted by atomic mass is 10.1. The maximum Gasteiger partial charge on any atom is 0.316 e. The molecule has 168 valence electrons. The van der Waals surface area contributed by atoms with Crippen molar-refractivity contribution in [3.05, 3.63) is 65.7 Å². The largest absolute Gasteiger partial charge is 0.455 e. The lowest BCUT2D eigenvalue weighted by Gasteiger charge is -2.14. The van der Waals surface area contributed by atoms with Crippen LogP contribution in [0.3, 0.4) is 0 Å². The van der Waals surface area contributed by atoms with E-state index in [0.717, 1.165) is 20.0 Å². The van der Waals surface area contributed by atoms with E-state index in [9.17, 15) is 18.0 Å². The third kappa shape index (κ3) is 6.01. The predicted molar refractivity (Wildman–Crippen MR) is 127 cm³/mol. The fourth-order valence-electron chi connectivity index (χ4n) is 2.74. The molecule has 3 rings (SSSR count). The van der Waals surface area contributed by atoms with Crippen molar-refractivity contribution in [2.75, 3.05) is 31.8 Å². The molecule has 0 saturated carbocycles. The van der Waals surface area contributed by atoms with Gasteiger partial charge in [0.1, 0.15) is 0 Å². The molecule has 0 heterocycles. The van der Waals surface area contributed by atoms with Crippen LogP contribution in [-0.4, -0.2) is 51.1 Å². The Morgan fingerprint density at radius 3 is 2.47 bits per heavy atom. The molecule has 0 unspecified atom stereocenters. The molecule has 0 aliphatic heterocycles. The summed E-state index contributed by atoms with van der Waals surface area (Å²) in [6, 6.07) is 17.8. The summed E-state index contributed by atoms with van der Waals surface area (Å²) in [7, 11) is -0.889. The monoisotopic (exact) mass is 492 g/mol. The first-order chi connectivity index (χ1) is 15.2. The van der Waals surface area contributed by atoms with Crippen molar-refractivity contribution in [1.82, 2.24) is 4.31 Å². The molecule has 7 nitrogen and oxygen atoms in total. The summed E-state index contributed by atoms with van der Waals surface area (Å²) in [5.74, 6) is -1.13. The van der Waals surface area contributed by atoms with Gasteiger partial charge in [0.25, 0.3) is 5.91 Å². The Bertz CT molecular complexity index is 1260. The molecular weight excluding hydrogens is 472 g/mol. The normalized spacial score (nSPS) is 11.5. The number of ether oxygens (including phenoxy) is 1. The van der Waals surface area contributed by atoms with E-state index >= 15 is 0 Å². The Morgan fingerprint density at radius 2 is 1.75 bits per heavy atom. The lowest BCUT2D eigenvalue weighted by molar-refractivity contribution is -0.144. The van der Waals surface area contributed by atoms with Gasteiger partial charge in [0.05, 0.1) is 21.4 Å². The smallest absolute Gasteiger partial charge is 0.316 e. The number of sulfonamides is 1. The molecule has 0 bridgehead atoms. The van der Waals surface area contributed by atoms with E-state index in [1.165, 1.54) is 44.1 Å². The number of carbonyl (C=O) groups excluding carboxylic acids is 2. The van der Waals surface area contributed by atoms with Gasteiger partial charge in [-0.1, -0.05) is 41.9 Å². The summed E-state index contributed by atoms with van der Waals surface area (Å²) in [5, 5.41) is 4.81. The van der Waals surface area contributed by atoms with Gasteiger partial charge in [0.15, 0.2) is 6.61 Å². The van der Waals surface area contributed by atoms with Crippen molar-refractivity contribution in [2.45, 2.75) is 9.79 Å². The molecule has 3 aromatic rings. The number of fused-ring (bicyclic) bond motifs is 1. The van der Waals surface area contributed by atoms with Gasteiger partial charge in [-0.25, -0.2) is 12.7 Å². The molecule has 3 aromatic carbocycles. The number of halogens is 1. The number of nitrogens with one attached hydrogen (secondary N) is 1. The standard InChI is InChI=1S/C22H21ClN2O5S2/c1-25(2)32(28,29)18-9-10-19(23)20(12-18)24-21(26)13-30-22(27)14-31-17-8-7-15-5-3-4-6-16(15)11-17/h3-12H,13-14H2,1-2H3,(H,24,26). The number of carbonyl (C=O) groups is 2. The van der Waals surface area contributed by atoms with Crippen molar-refractivity contribution >= 4 is 61.7 Å². The summed E-state index contributed by atoms with van der Waals surface area (Å²) in [6.45, 7) is -0.516. The van der Waals surface area contributed by atoms with Crippen LogP contribution in [0.4, 0.5) is 5.69 Å². The molecule has 0 spiro atoms. The van der Waals surface area contributed by atoms with Crippen molar-refractivity contribution in [2.24, 2.45) is 0 Å². The van der Waals surface area contributed by atoms with Gasteiger partial charge in [-0.15, -0.1) is 11.8 Å². The van der Waals surface area contributed by atoms with Crippen LogP contribution in [0.1, 0.15) is 0 Å². The summed E-state index contributed by atoms with van der Waals surface area (Å²) in [6.07, 6.45) is 0. The molecule has 32 heavy (non-hydrogen) atoms. The molecule has 0 radical (unpaired) electrons. The van der Waals surface area contributed by atoms with Crippen LogP contribution in [0.2, 0.25) is 5.02 Å². The number of esters is 1. The number of amides is 1. The number of thioether (sulfide) groups is 1. The summed E-state index contributed by atoms with van der Waals surface area (Å²) < 4.78 is 30.6. The third-order valence-electron chi connectivity index (χ3n) is 4.43. The van der Waals surface area contributed by atoms with Gasteiger partial charge >= 0.3 is 5.97 Å². The van der Waals surface area contributed by atoms with E-state index in [1.807, 2.05) is 42.5 Å². The minimum Gasteiger partial charge on any atom is -0.455 e. The van der Waals surface area contributed by atoms with Crippen LogP contribution in [-0.2, 0) is 24.3 Å². The average molecular weight is 493 g/mol. The summed E-state index contributed by atoms with van der Waals surface area (Å²) in [5.41, 5.74) is 0.112. The van der Waals surface area contributed by atoms with Crippen LogP contribution < -0.4 is 5.32 Å². The maximum absolute atomic E-state index is 12.3. The molecule has 0 saturated heterocycles. The second-order valence-corrected chi connectivity index (χ2v) is 10.5. The fourth-order valence-corrected chi connectivity index (χ4v) is 4.58. The highest BCUT2D eigenvalue weighted by Gasteiger charge is 2.19. The van der Waals surface area contributed by atoms with Gasteiger partial charge in [-0.05, 0) is 41.1 Å². The molecule has 0 fully saturated rings. The zero-order chi connectivity index (χ0) is 23.3. The Balaban J connectivity index is 1.53. The molecule has 0 aliphatic carbocycles. The van der Waals surface area contributed by atoms with Crippen molar-refractivity contribution in [3.8, 4) is 0 Å². The Labute approximate surface area is 195 Å². The molecule has 0 atom stereocenters. The quantitative estimate of drug-likeness (QED) is 0.377. The van der Waals surface area contributed by atoms with Crippen LogP contribution in [0.15, 0.2) is 70.5 Å². The second-order valence-electron chi connectivity index (χ2n) is 6.94. The van der Waals surface area contributed by atoms with Crippen LogP contribution in [0, 0.1) is 0 Å². The molecule has 1 amide bonds. The van der Waals surface area contributed by atoms with Gasteiger partial charge in [-0.3, -0.25) is 9.59 Å². The topological polar surface area (TPSA) is 92.8 Å². The average Bonchev–Trinajstić information content (AvgIpc) is 2.77. The number of hydrogen-bond acceptors (Lipinski definition) is 6. The number of hydrogen-bond donors (Lipinski definition) is 1. The van der Waals surface area contributed by atoms with Crippen molar-refractivity contribution < 1.29 is 22.7 Å². The molecule has 1 N–H and O–H groups in total. The van der Waals surface area contributed by atoms with Gasteiger partial charge in [-0.2, -0.15) is 0 Å². The number of rotatable bonds is 8. The van der Waals surface area contributed by atoms with Gasteiger partial charge < -0.3 is 10.1 Å². The maximum atomic E-state index is 12.3. The third-order valence-corrected chi connectivity index (χ3v) is 7.54. The number of nitrogens with zero attached hydrogens (tertiary/aromatic N) is 1. The van der Waals surface area contributed by atoms with Crippen LogP contribution in [0.5, 0.6) is 0 Å². The van der Waals surface area contributed by atoms with Gasteiger partial charge in [0, 0.05) is 19.0 Å². The molecule has 0 aromatic heterocycles. The van der Waals surface area contributed by atoms with Crippen LogP contribution in [0.25, 0.3) is 10.8 Å². The lowest BCUT2D eigenvalue weighted by Crippen LogP contribution is -2.23. The van der Waals surface area contributed by atoms with Gasteiger partial charge in [0.2, 0.25) is 10.0 Å². The summed E-state index contributed by atoms with van der Waals surface area (Å²) in [4.78, 5) is 25.1. The molecule has 10 heteroatoms. The first kappa shape index (κ1) is 24.1. The summed E-state index contributed by atoms with van der Waals surface area (Å²) >= 11 is 7.37. The zero-order valence-electron chi connectivity index (χ0n) is 17.4. The Hall–Kier alpha value is -2.59. The van der Waals surface area contributed by atoms with Crippen molar-refractivity contribution in [3.63, 3.8) is 0 Å². The predicted octanol–water partition coefficient (Wildman–Crippen LogP) is 4.02. The van der Waals surface area contributed by atoms with E-state index in [0.29, 0.717) is 0 Å². The fraction of sp³-hybridized carbons (Fsp3) is 0.182. The number of anilines is 1. The van der Waals surface area contributed by atoms with Crippen LogP contribution >= 0.6 is 23.4 Å². The highest BCUT2D eigenvalue weighted by molar-refractivity contribution is 8.00. The highest BCUT2D eigenvalue weighted by Crippen LogP contribution is 2.27. The van der Waals surface area contributed by atoms with E-state index in [1.54, 1.807) is 0 Å². The SMILES string of the molecule is CN(C)S(=O)(=O)c1ccc(Cl)c(NC(=O)COC(=O)CSc2ccc3ccccc3c2)c1. The molecule has 0 aliphatic rings.